The predicted octanol–water partition coefficient (Wildman–Crippen LogP) is 2.50. The fourth-order valence-electron chi connectivity index (χ4n) is 3.01. The second-order valence-electron chi connectivity index (χ2n) is 6.16. The average molecular weight is 397 g/mol. The van der Waals surface area contributed by atoms with E-state index in [1.165, 1.54) is 29.7 Å². The number of halogens is 1. The van der Waals surface area contributed by atoms with Crippen LogP contribution >= 0.6 is 11.6 Å². The van der Waals surface area contributed by atoms with E-state index in [-0.39, 0.29) is 17.3 Å². The molecule has 0 saturated carbocycles. The molecule has 2 aromatic rings. The lowest BCUT2D eigenvalue weighted by molar-refractivity contribution is -0.117. The number of hydrogen-bond donors (Lipinski definition) is 0. The van der Waals surface area contributed by atoms with E-state index in [0.717, 1.165) is 12.1 Å². The minimum absolute atomic E-state index is 0.0696. The number of amides is 1. The van der Waals surface area contributed by atoms with Crippen LogP contribution < -0.4 is 4.90 Å². The Hall–Kier alpha value is -1.90. The average Bonchev–Trinajstić information content (AvgIpc) is 3.21. The predicted molar refractivity (Wildman–Crippen MR) is 99.6 cm³/mol. The van der Waals surface area contributed by atoms with Gasteiger partial charge in [-0.25, -0.2) is 8.42 Å². The molecule has 0 spiro atoms. The number of hydrogen-bond acceptors (Lipinski definition) is 4. The molecule has 1 aliphatic heterocycles. The summed E-state index contributed by atoms with van der Waals surface area (Å²) < 4.78 is 28.6. The lowest BCUT2D eigenvalue weighted by atomic mass is 10.3. The first-order valence-electron chi connectivity index (χ1n) is 8.41. The first-order chi connectivity index (χ1) is 12.3. The van der Waals surface area contributed by atoms with Gasteiger partial charge in [0.05, 0.1) is 28.4 Å². The molecule has 0 bridgehead atoms. The minimum Gasteiger partial charge on any atom is -0.312 e. The molecule has 1 amide bonds. The number of benzene rings is 1. The Bertz CT molecular complexity index is 909. The van der Waals surface area contributed by atoms with Crippen molar-refractivity contribution in [1.29, 1.82) is 0 Å². The van der Waals surface area contributed by atoms with E-state index >= 15 is 0 Å². The van der Waals surface area contributed by atoms with Crippen LogP contribution in [0, 0.1) is 0 Å². The molecule has 2 heterocycles. The van der Waals surface area contributed by atoms with Gasteiger partial charge in [0.15, 0.2) is 0 Å². The zero-order chi connectivity index (χ0) is 18.9. The van der Waals surface area contributed by atoms with Crippen LogP contribution in [-0.4, -0.2) is 42.0 Å². The smallest absolute Gasteiger partial charge is 0.243 e. The summed E-state index contributed by atoms with van der Waals surface area (Å²) in [4.78, 5) is 13.7. The molecule has 1 saturated heterocycles. The van der Waals surface area contributed by atoms with Crippen LogP contribution in [-0.2, 0) is 27.9 Å². The van der Waals surface area contributed by atoms with Crippen molar-refractivity contribution in [1.82, 2.24) is 14.1 Å². The molecule has 9 heteroatoms. The van der Waals surface area contributed by atoms with Gasteiger partial charge in [0.1, 0.15) is 0 Å². The lowest BCUT2D eigenvalue weighted by Crippen LogP contribution is -2.28. The number of aromatic nitrogens is 2. The van der Waals surface area contributed by atoms with Crippen molar-refractivity contribution < 1.29 is 13.2 Å². The molecule has 140 valence electrons. The summed E-state index contributed by atoms with van der Waals surface area (Å²) in [5, 5.41) is 4.57. The van der Waals surface area contributed by atoms with Crippen molar-refractivity contribution in [2.75, 3.05) is 18.5 Å². The Kier molecular flexibility index (Phi) is 5.36. The molecule has 1 aromatic carbocycles. The van der Waals surface area contributed by atoms with E-state index in [2.05, 4.69) is 5.10 Å². The molecule has 0 atom stereocenters. The third-order valence-corrected chi connectivity index (χ3v) is 6.63. The summed E-state index contributed by atoms with van der Waals surface area (Å²) in [5.74, 6) is 0.0696. The number of carbonyl (C=O) groups is 1. The van der Waals surface area contributed by atoms with Gasteiger partial charge in [-0.3, -0.25) is 9.48 Å². The Morgan fingerprint density at radius 2 is 1.96 bits per heavy atom. The van der Waals surface area contributed by atoms with Gasteiger partial charge in [-0.1, -0.05) is 11.6 Å². The molecule has 1 fully saturated rings. The molecule has 3 rings (SSSR count). The number of carbonyl (C=O) groups excluding carboxylic acids is 1. The molecule has 1 aliphatic rings. The first kappa shape index (κ1) is 18.9. The third-order valence-electron chi connectivity index (χ3n) is 4.50. The monoisotopic (exact) mass is 396 g/mol. The third kappa shape index (κ3) is 3.49. The van der Waals surface area contributed by atoms with E-state index in [4.69, 9.17) is 11.6 Å². The standard InChI is InChI=1S/C17H21ClN4O3S/c1-3-22-16(15(18)11-19-22)12-20(2)26(24,25)14-8-6-13(7-9-14)21-10-4-5-17(21)23/h6-9,11H,3-5,10,12H2,1-2H3. The van der Waals surface area contributed by atoms with Gasteiger partial charge < -0.3 is 4.90 Å². The van der Waals surface area contributed by atoms with Gasteiger partial charge in [0, 0.05) is 32.2 Å². The largest absolute Gasteiger partial charge is 0.312 e. The highest BCUT2D eigenvalue weighted by Gasteiger charge is 2.25. The highest BCUT2D eigenvalue weighted by atomic mass is 35.5. The highest BCUT2D eigenvalue weighted by molar-refractivity contribution is 7.89. The molecule has 26 heavy (non-hydrogen) atoms. The van der Waals surface area contributed by atoms with Crippen molar-refractivity contribution >= 4 is 33.2 Å². The van der Waals surface area contributed by atoms with Crippen LogP contribution in [0.25, 0.3) is 0 Å². The van der Waals surface area contributed by atoms with Crippen LogP contribution in [0.15, 0.2) is 35.4 Å². The molecule has 0 radical (unpaired) electrons. The minimum atomic E-state index is -3.68. The molecular weight excluding hydrogens is 376 g/mol. The van der Waals surface area contributed by atoms with Crippen molar-refractivity contribution in [2.24, 2.45) is 0 Å². The molecule has 1 aromatic heterocycles. The van der Waals surface area contributed by atoms with E-state index < -0.39 is 10.0 Å². The maximum absolute atomic E-state index is 12.8. The number of aryl methyl sites for hydroxylation is 1. The first-order valence-corrected chi connectivity index (χ1v) is 10.2. The number of nitrogens with zero attached hydrogens (tertiary/aromatic N) is 4. The number of rotatable bonds is 6. The SMILES string of the molecule is CCn1ncc(Cl)c1CN(C)S(=O)(=O)c1ccc(N2CCCC2=O)cc1. The van der Waals surface area contributed by atoms with Crippen molar-refractivity contribution in [3.05, 3.63) is 41.2 Å². The maximum atomic E-state index is 12.8. The lowest BCUT2D eigenvalue weighted by Gasteiger charge is -2.19. The van der Waals surface area contributed by atoms with Crippen molar-refractivity contribution in [3.63, 3.8) is 0 Å². The van der Waals surface area contributed by atoms with Crippen LogP contribution in [0.2, 0.25) is 5.02 Å². The zero-order valence-electron chi connectivity index (χ0n) is 14.7. The Labute approximate surface area is 158 Å². The molecule has 0 aliphatic carbocycles. The normalized spacial score (nSPS) is 15.2. The summed E-state index contributed by atoms with van der Waals surface area (Å²) in [6.07, 6.45) is 2.88. The second kappa shape index (κ2) is 7.38. The topological polar surface area (TPSA) is 75.5 Å². The van der Waals surface area contributed by atoms with Crippen LogP contribution in [0.4, 0.5) is 5.69 Å². The summed E-state index contributed by atoms with van der Waals surface area (Å²) >= 11 is 6.13. The molecule has 0 N–H and O–H groups in total. The quantitative estimate of drug-likeness (QED) is 0.751. The summed E-state index contributed by atoms with van der Waals surface area (Å²) in [6, 6.07) is 6.41. The Morgan fingerprint density at radius 3 is 2.54 bits per heavy atom. The molecule has 0 unspecified atom stereocenters. The van der Waals surface area contributed by atoms with Crippen LogP contribution in [0.5, 0.6) is 0 Å². The summed E-state index contributed by atoms with van der Waals surface area (Å²) in [5.41, 5.74) is 1.38. The Morgan fingerprint density at radius 1 is 1.27 bits per heavy atom. The van der Waals surface area contributed by atoms with Gasteiger partial charge >= 0.3 is 0 Å². The van der Waals surface area contributed by atoms with E-state index in [1.54, 1.807) is 21.7 Å². The van der Waals surface area contributed by atoms with E-state index in [9.17, 15) is 13.2 Å². The Balaban J connectivity index is 1.80. The fourth-order valence-corrected chi connectivity index (χ4v) is 4.35. The number of anilines is 1. The van der Waals surface area contributed by atoms with E-state index in [1.807, 2.05) is 6.92 Å². The van der Waals surface area contributed by atoms with Gasteiger partial charge in [0.25, 0.3) is 0 Å². The zero-order valence-corrected chi connectivity index (χ0v) is 16.3. The van der Waals surface area contributed by atoms with Crippen molar-refractivity contribution in [3.8, 4) is 0 Å². The molecule has 7 nitrogen and oxygen atoms in total. The van der Waals surface area contributed by atoms with Crippen molar-refractivity contribution in [2.45, 2.75) is 37.8 Å². The number of sulfonamides is 1. The van der Waals surface area contributed by atoms with Gasteiger partial charge in [0.2, 0.25) is 15.9 Å². The summed E-state index contributed by atoms with van der Waals surface area (Å²) in [7, 11) is -2.17. The summed E-state index contributed by atoms with van der Waals surface area (Å²) in [6.45, 7) is 3.32. The van der Waals surface area contributed by atoms with Crippen LogP contribution in [0.1, 0.15) is 25.5 Å². The molecular formula is C17H21ClN4O3S. The maximum Gasteiger partial charge on any atom is 0.243 e. The van der Waals surface area contributed by atoms with Gasteiger partial charge in [-0.15, -0.1) is 0 Å². The van der Waals surface area contributed by atoms with Crippen LogP contribution in [0.3, 0.4) is 0 Å². The second-order valence-corrected chi connectivity index (χ2v) is 8.61. The van der Waals surface area contributed by atoms with Gasteiger partial charge in [-0.2, -0.15) is 9.40 Å². The van der Waals surface area contributed by atoms with Gasteiger partial charge in [-0.05, 0) is 37.6 Å². The van der Waals surface area contributed by atoms with E-state index in [0.29, 0.717) is 30.2 Å². The highest BCUT2D eigenvalue weighted by Crippen LogP contribution is 2.25. The fraction of sp³-hybridized carbons (Fsp3) is 0.412.